The van der Waals surface area contributed by atoms with E-state index in [1.54, 1.807) is 61.5 Å². The van der Waals surface area contributed by atoms with E-state index in [1.807, 2.05) is 12.2 Å². The van der Waals surface area contributed by atoms with Crippen LogP contribution in [0.2, 0.25) is 10.0 Å². The Morgan fingerprint density at radius 3 is 2.37 bits per heavy atom. The summed E-state index contributed by atoms with van der Waals surface area (Å²) in [7, 11) is -3.81. The number of hydrogen-bond donors (Lipinski definition) is 2. The second-order valence-electron chi connectivity index (χ2n) is 8.38. The number of hydrogen-bond acceptors (Lipinski definition) is 9. The van der Waals surface area contributed by atoms with Crippen molar-refractivity contribution in [3.8, 4) is 17.6 Å². The van der Waals surface area contributed by atoms with Gasteiger partial charge in [0.05, 0.1) is 32.8 Å². The van der Waals surface area contributed by atoms with Crippen LogP contribution in [0.1, 0.15) is 12.5 Å². The molecule has 0 spiro atoms. The first-order chi connectivity index (χ1) is 19.5. The average molecular weight is 614 g/mol. The second-order valence-corrected chi connectivity index (χ2v) is 11.0. The van der Waals surface area contributed by atoms with Gasteiger partial charge in [-0.05, 0) is 62.4 Å². The number of carbonyl (C=O) groups is 2. The van der Waals surface area contributed by atoms with E-state index in [-0.39, 0.29) is 33.0 Å². The number of halogens is 2. The molecule has 0 aliphatic rings. The number of hydrazone groups is 1. The van der Waals surface area contributed by atoms with Gasteiger partial charge in [0.2, 0.25) is 5.71 Å². The van der Waals surface area contributed by atoms with Gasteiger partial charge in [0.1, 0.15) is 11.8 Å². The monoisotopic (exact) mass is 613 g/mol. The summed E-state index contributed by atoms with van der Waals surface area (Å²) in [5.74, 6) is -0.617. The van der Waals surface area contributed by atoms with Gasteiger partial charge in [-0.1, -0.05) is 40.9 Å². The number of anilines is 1. The van der Waals surface area contributed by atoms with Crippen LogP contribution in [-0.2, 0) is 19.6 Å². The Morgan fingerprint density at radius 2 is 1.73 bits per heavy atom. The quantitative estimate of drug-likeness (QED) is 0.185. The van der Waals surface area contributed by atoms with Crippen molar-refractivity contribution < 1.29 is 27.5 Å². The number of nitriles is 1. The second kappa shape index (κ2) is 12.3. The molecule has 0 atom stereocenters. The Balaban J connectivity index is 1.53. The number of nitrogens with one attached hydrogen (secondary N) is 2. The van der Waals surface area contributed by atoms with Crippen LogP contribution in [0, 0.1) is 18.3 Å². The van der Waals surface area contributed by atoms with E-state index in [0.717, 1.165) is 5.56 Å². The van der Waals surface area contributed by atoms with Crippen molar-refractivity contribution in [1.29, 1.82) is 5.26 Å². The molecular formula is C27H21Cl2N5O6S. The fourth-order valence-corrected chi connectivity index (χ4v) is 5.52. The SMILES string of the molecule is CCOC(=O)NC(=O)C(C#N)=NNc1cc(Cl)c(Oc2ccc3c(ccn3S(=O)(=O)c3ccc(C)cc3)c2)c(Cl)c1. The van der Waals surface area contributed by atoms with Crippen molar-refractivity contribution in [2.24, 2.45) is 5.10 Å². The number of ether oxygens (including phenoxy) is 2. The minimum Gasteiger partial charge on any atom is -0.454 e. The molecule has 1 aromatic heterocycles. The van der Waals surface area contributed by atoms with Crippen LogP contribution in [0.5, 0.6) is 11.5 Å². The van der Waals surface area contributed by atoms with E-state index >= 15 is 0 Å². The van der Waals surface area contributed by atoms with Crippen LogP contribution in [0.3, 0.4) is 0 Å². The maximum Gasteiger partial charge on any atom is 0.414 e. The first-order valence-electron chi connectivity index (χ1n) is 11.9. The molecule has 2 amide bonds. The van der Waals surface area contributed by atoms with E-state index < -0.39 is 27.7 Å². The number of benzene rings is 3. The van der Waals surface area contributed by atoms with Crippen molar-refractivity contribution in [2.45, 2.75) is 18.7 Å². The summed E-state index contributed by atoms with van der Waals surface area (Å²) in [6.45, 7) is 3.47. The highest BCUT2D eigenvalue weighted by atomic mass is 35.5. The van der Waals surface area contributed by atoms with Crippen LogP contribution < -0.4 is 15.5 Å². The summed E-state index contributed by atoms with van der Waals surface area (Å²) >= 11 is 12.7. The van der Waals surface area contributed by atoms with E-state index in [4.69, 9.17) is 27.9 Å². The number of aromatic nitrogens is 1. The molecule has 4 aromatic rings. The number of amides is 2. The van der Waals surface area contributed by atoms with Gasteiger partial charge in [-0.25, -0.2) is 17.2 Å². The molecule has 14 heteroatoms. The molecule has 0 aliphatic heterocycles. The zero-order chi connectivity index (χ0) is 29.7. The van der Waals surface area contributed by atoms with Crippen LogP contribution in [0.15, 0.2) is 76.9 Å². The molecule has 3 aromatic carbocycles. The summed E-state index contributed by atoms with van der Waals surface area (Å²) in [6, 6.07) is 17.4. The molecular weight excluding hydrogens is 593 g/mol. The topological polar surface area (TPSA) is 152 Å². The number of fused-ring (bicyclic) bond motifs is 1. The van der Waals surface area contributed by atoms with E-state index in [9.17, 15) is 23.3 Å². The van der Waals surface area contributed by atoms with Crippen molar-refractivity contribution in [2.75, 3.05) is 12.0 Å². The van der Waals surface area contributed by atoms with Gasteiger partial charge in [-0.3, -0.25) is 15.5 Å². The minimum atomic E-state index is -3.81. The number of nitrogens with zero attached hydrogens (tertiary/aromatic N) is 3. The molecule has 0 saturated carbocycles. The van der Waals surface area contributed by atoms with Gasteiger partial charge >= 0.3 is 6.09 Å². The molecule has 0 bridgehead atoms. The van der Waals surface area contributed by atoms with Crippen LogP contribution >= 0.6 is 23.2 Å². The van der Waals surface area contributed by atoms with Gasteiger partial charge in [0.15, 0.2) is 5.75 Å². The maximum atomic E-state index is 13.2. The number of imide groups is 1. The Hall–Kier alpha value is -4.57. The molecule has 11 nitrogen and oxygen atoms in total. The van der Waals surface area contributed by atoms with Gasteiger partial charge in [0, 0.05) is 11.6 Å². The lowest BCUT2D eigenvalue weighted by molar-refractivity contribution is -0.114. The Morgan fingerprint density at radius 1 is 1.05 bits per heavy atom. The fraction of sp³-hybridized carbons (Fsp3) is 0.111. The average Bonchev–Trinajstić information content (AvgIpc) is 3.36. The zero-order valence-corrected chi connectivity index (χ0v) is 23.8. The molecule has 41 heavy (non-hydrogen) atoms. The minimum absolute atomic E-state index is 0.0400. The highest BCUT2D eigenvalue weighted by Crippen LogP contribution is 2.39. The normalized spacial score (nSPS) is 11.5. The largest absolute Gasteiger partial charge is 0.454 e. The number of alkyl carbamates (subject to hydrolysis) is 1. The Kier molecular flexibility index (Phi) is 8.83. The van der Waals surface area contributed by atoms with E-state index in [0.29, 0.717) is 16.7 Å². The van der Waals surface area contributed by atoms with Gasteiger partial charge < -0.3 is 9.47 Å². The smallest absolute Gasteiger partial charge is 0.414 e. The van der Waals surface area contributed by atoms with E-state index in [2.05, 4.69) is 15.3 Å². The predicted molar refractivity (Wildman–Crippen MR) is 154 cm³/mol. The maximum absolute atomic E-state index is 13.2. The third-order valence-electron chi connectivity index (χ3n) is 5.53. The molecule has 210 valence electrons. The Bertz CT molecular complexity index is 1810. The van der Waals surface area contributed by atoms with Crippen LogP contribution in [-0.4, -0.2) is 36.7 Å². The van der Waals surface area contributed by atoms with Gasteiger partial charge in [-0.2, -0.15) is 10.4 Å². The van der Waals surface area contributed by atoms with Gasteiger partial charge in [-0.15, -0.1) is 0 Å². The number of aryl methyl sites for hydroxylation is 1. The van der Waals surface area contributed by atoms with Crippen LogP contribution in [0.4, 0.5) is 10.5 Å². The molecule has 1 heterocycles. The summed E-state index contributed by atoms with van der Waals surface area (Å²) in [5, 5.41) is 15.5. The third-order valence-corrected chi connectivity index (χ3v) is 7.80. The predicted octanol–water partition coefficient (Wildman–Crippen LogP) is 5.85. The molecule has 0 radical (unpaired) electrons. The number of carbonyl (C=O) groups excluding carboxylic acids is 2. The molecule has 4 rings (SSSR count). The lowest BCUT2D eigenvalue weighted by Gasteiger charge is -2.12. The highest BCUT2D eigenvalue weighted by Gasteiger charge is 2.20. The first kappa shape index (κ1) is 29.4. The van der Waals surface area contributed by atoms with Crippen molar-refractivity contribution in [1.82, 2.24) is 9.29 Å². The van der Waals surface area contributed by atoms with Crippen molar-refractivity contribution in [3.05, 3.63) is 82.5 Å². The van der Waals surface area contributed by atoms with Gasteiger partial charge in [0.25, 0.3) is 15.9 Å². The lowest BCUT2D eigenvalue weighted by Crippen LogP contribution is -2.36. The molecule has 0 aliphatic carbocycles. The fourth-order valence-electron chi connectivity index (χ4n) is 3.60. The molecule has 0 unspecified atom stereocenters. The summed E-state index contributed by atoms with van der Waals surface area (Å²) in [5.41, 5.74) is 3.46. The number of rotatable bonds is 8. The van der Waals surface area contributed by atoms with Crippen LogP contribution in [0.25, 0.3) is 10.9 Å². The first-order valence-corrected chi connectivity index (χ1v) is 14.0. The lowest BCUT2D eigenvalue weighted by atomic mass is 10.2. The molecule has 0 saturated heterocycles. The standard InChI is InChI=1S/C27H21Cl2N5O6S/c1-3-39-27(36)31-26(35)23(15-30)33-32-18-13-21(28)25(22(29)14-18)40-19-6-9-24-17(12-19)10-11-34(24)41(37,38)20-7-4-16(2)5-8-20/h4-14,32H,3H2,1-2H3,(H,31,35,36). The summed E-state index contributed by atoms with van der Waals surface area (Å²) in [4.78, 5) is 23.6. The van der Waals surface area contributed by atoms with Crippen molar-refractivity contribution in [3.63, 3.8) is 0 Å². The zero-order valence-electron chi connectivity index (χ0n) is 21.5. The third kappa shape index (κ3) is 6.60. The highest BCUT2D eigenvalue weighted by molar-refractivity contribution is 7.90. The molecule has 0 fully saturated rings. The van der Waals surface area contributed by atoms with E-state index in [1.165, 1.54) is 22.3 Å². The summed E-state index contributed by atoms with van der Waals surface area (Å²) < 4.78 is 38.0. The summed E-state index contributed by atoms with van der Waals surface area (Å²) in [6.07, 6.45) is 0.447. The Labute approximate surface area is 244 Å². The molecule has 2 N–H and O–H groups in total. The van der Waals surface area contributed by atoms with Crippen molar-refractivity contribution >= 4 is 67.5 Å².